The standard InChI is InChI=1S/C23H23ClN2O4S3/c1-12-6-7-15-17(10-12)31-20(19(15)24)22(28)26-23-18(14-4-2-3-5-16(14)32-23)21(27)25-13-8-9-33(29,30)11-13/h6-7,10,13H,2-5,8-9,11H2,1H3,(H,25,27)(H,26,28)/t13-/m1/s1. The van der Waals surface area contributed by atoms with Crippen LogP contribution in [0.5, 0.6) is 0 Å². The molecule has 174 valence electrons. The zero-order valence-corrected chi connectivity index (χ0v) is 21.2. The molecule has 0 radical (unpaired) electrons. The molecule has 2 aliphatic rings. The van der Waals surface area contributed by atoms with Gasteiger partial charge in [-0.1, -0.05) is 23.7 Å². The highest BCUT2D eigenvalue weighted by molar-refractivity contribution is 7.91. The smallest absolute Gasteiger partial charge is 0.267 e. The van der Waals surface area contributed by atoms with Crippen molar-refractivity contribution in [3.63, 3.8) is 0 Å². The van der Waals surface area contributed by atoms with Crippen LogP contribution in [0.2, 0.25) is 5.02 Å². The van der Waals surface area contributed by atoms with Gasteiger partial charge < -0.3 is 10.6 Å². The van der Waals surface area contributed by atoms with Crippen molar-refractivity contribution < 1.29 is 18.0 Å². The van der Waals surface area contributed by atoms with Crippen molar-refractivity contribution in [3.8, 4) is 0 Å². The van der Waals surface area contributed by atoms with Crippen molar-refractivity contribution in [1.82, 2.24) is 5.32 Å². The van der Waals surface area contributed by atoms with E-state index >= 15 is 0 Å². The summed E-state index contributed by atoms with van der Waals surface area (Å²) in [6, 6.07) is 5.48. The average Bonchev–Trinajstić information content (AvgIpc) is 3.40. The number of fused-ring (bicyclic) bond motifs is 2. The predicted octanol–water partition coefficient (Wildman–Crippen LogP) is 4.97. The van der Waals surface area contributed by atoms with E-state index in [0.717, 1.165) is 51.8 Å². The quantitative estimate of drug-likeness (QED) is 0.506. The molecule has 2 amide bonds. The first-order valence-corrected chi connectivity index (χ1v) is 14.7. The van der Waals surface area contributed by atoms with Gasteiger partial charge in [-0.2, -0.15) is 0 Å². The minimum Gasteiger partial charge on any atom is -0.348 e. The minimum absolute atomic E-state index is 0.0381. The summed E-state index contributed by atoms with van der Waals surface area (Å²) >= 11 is 9.30. The van der Waals surface area contributed by atoms with Crippen molar-refractivity contribution >= 4 is 71.0 Å². The fourth-order valence-corrected chi connectivity index (χ4v) is 9.00. The maximum absolute atomic E-state index is 13.3. The highest BCUT2D eigenvalue weighted by atomic mass is 35.5. The van der Waals surface area contributed by atoms with Gasteiger partial charge in [0.05, 0.1) is 22.1 Å². The molecule has 0 spiro atoms. The molecule has 1 aromatic carbocycles. The highest BCUT2D eigenvalue weighted by Crippen LogP contribution is 2.40. The molecule has 0 saturated carbocycles. The van der Waals surface area contributed by atoms with Crippen molar-refractivity contribution in [2.24, 2.45) is 0 Å². The Morgan fingerprint density at radius 3 is 2.67 bits per heavy atom. The second-order valence-corrected chi connectivity index (χ2v) is 13.5. The number of carbonyl (C=O) groups is 2. The fourth-order valence-electron chi connectivity index (χ4n) is 4.54. The third kappa shape index (κ3) is 4.43. The third-order valence-corrected chi connectivity index (χ3v) is 10.8. The average molecular weight is 523 g/mol. The second kappa shape index (κ2) is 8.69. The molecule has 6 nitrogen and oxygen atoms in total. The van der Waals surface area contributed by atoms with Crippen LogP contribution in [0.3, 0.4) is 0 Å². The zero-order valence-electron chi connectivity index (χ0n) is 18.0. The van der Waals surface area contributed by atoms with E-state index in [2.05, 4.69) is 10.6 Å². The molecule has 3 aromatic rings. The number of hydrogen-bond acceptors (Lipinski definition) is 6. The number of halogens is 1. The molecule has 2 aromatic heterocycles. The van der Waals surface area contributed by atoms with Crippen molar-refractivity contribution in [2.45, 2.75) is 45.1 Å². The molecule has 5 rings (SSSR count). The Labute approximate surface area is 205 Å². The van der Waals surface area contributed by atoms with E-state index in [-0.39, 0.29) is 23.3 Å². The van der Waals surface area contributed by atoms with E-state index in [1.54, 1.807) is 0 Å². The molecule has 1 fully saturated rings. The Morgan fingerprint density at radius 1 is 1.12 bits per heavy atom. The van der Waals surface area contributed by atoms with Crippen LogP contribution in [0.15, 0.2) is 18.2 Å². The van der Waals surface area contributed by atoms with Crippen molar-refractivity contribution in [2.75, 3.05) is 16.8 Å². The topological polar surface area (TPSA) is 92.3 Å². The largest absolute Gasteiger partial charge is 0.348 e. The molecule has 1 atom stereocenters. The van der Waals surface area contributed by atoms with Gasteiger partial charge in [-0.15, -0.1) is 22.7 Å². The van der Waals surface area contributed by atoms with Crippen molar-refractivity contribution in [3.05, 3.63) is 49.7 Å². The van der Waals surface area contributed by atoms with Gasteiger partial charge in [0, 0.05) is 21.0 Å². The third-order valence-electron chi connectivity index (χ3n) is 6.18. The number of anilines is 1. The number of benzene rings is 1. The van der Waals surface area contributed by atoms with Crippen LogP contribution in [0.1, 0.15) is 55.3 Å². The lowest BCUT2D eigenvalue weighted by Crippen LogP contribution is -2.36. The summed E-state index contributed by atoms with van der Waals surface area (Å²) in [4.78, 5) is 28.0. The summed E-state index contributed by atoms with van der Waals surface area (Å²) < 4.78 is 24.6. The van der Waals surface area contributed by atoms with Crippen LogP contribution in [0.25, 0.3) is 10.1 Å². The molecule has 10 heteroatoms. The lowest BCUT2D eigenvalue weighted by atomic mass is 9.95. The summed E-state index contributed by atoms with van der Waals surface area (Å²) in [7, 11) is -3.11. The summed E-state index contributed by atoms with van der Waals surface area (Å²) in [5.74, 6) is -0.601. The second-order valence-electron chi connectivity index (χ2n) is 8.69. The number of aryl methyl sites for hydroxylation is 2. The Kier molecular flexibility index (Phi) is 6.01. The summed E-state index contributed by atoms with van der Waals surface area (Å²) in [5.41, 5.74) is 2.53. The lowest BCUT2D eigenvalue weighted by molar-refractivity contribution is 0.0941. The van der Waals surface area contributed by atoms with Gasteiger partial charge in [0.2, 0.25) is 0 Å². The van der Waals surface area contributed by atoms with Gasteiger partial charge in [-0.05, 0) is 56.2 Å². The van der Waals surface area contributed by atoms with Gasteiger partial charge in [0.25, 0.3) is 11.8 Å². The Hall–Kier alpha value is -1.94. The molecule has 0 unspecified atom stereocenters. The van der Waals surface area contributed by atoms with Crippen LogP contribution >= 0.6 is 34.3 Å². The first kappa shape index (κ1) is 22.8. The highest BCUT2D eigenvalue weighted by Gasteiger charge is 2.32. The maximum Gasteiger partial charge on any atom is 0.267 e. The molecule has 0 bridgehead atoms. The predicted molar refractivity (Wildman–Crippen MR) is 135 cm³/mol. The minimum atomic E-state index is -3.11. The van der Waals surface area contributed by atoms with Gasteiger partial charge in [-0.25, -0.2) is 8.42 Å². The number of thiophene rings is 2. The van der Waals surface area contributed by atoms with Gasteiger partial charge >= 0.3 is 0 Å². The number of amides is 2. The van der Waals surface area contributed by atoms with Crippen molar-refractivity contribution in [1.29, 1.82) is 0 Å². The number of sulfone groups is 1. The molecular formula is C23H23ClN2O4S3. The number of carbonyl (C=O) groups excluding carboxylic acids is 2. The Morgan fingerprint density at radius 2 is 1.91 bits per heavy atom. The van der Waals surface area contributed by atoms with E-state index in [0.29, 0.717) is 26.9 Å². The molecule has 1 saturated heterocycles. The fraction of sp³-hybridized carbons (Fsp3) is 0.391. The molecule has 1 aliphatic carbocycles. The monoisotopic (exact) mass is 522 g/mol. The number of rotatable bonds is 4. The Bertz CT molecular complexity index is 1390. The van der Waals surface area contributed by atoms with E-state index in [9.17, 15) is 18.0 Å². The van der Waals surface area contributed by atoms with E-state index in [1.807, 2.05) is 25.1 Å². The molecule has 2 N–H and O–H groups in total. The van der Waals surface area contributed by atoms with Crippen LogP contribution in [0, 0.1) is 6.92 Å². The zero-order chi connectivity index (χ0) is 23.3. The molecule has 1 aliphatic heterocycles. The van der Waals surface area contributed by atoms with Crippen LogP contribution < -0.4 is 10.6 Å². The lowest BCUT2D eigenvalue weighted by Gasteiger charge is -2.15. The normalized spacial score (nSPS) is 19.4. The molecule has 33 heavy (non-hydrogen) atoms. The van der Waals surface area contributed by atoms with E-state index in [4.69, 9.17) is 11.6 Å². The first-order chi connectivity index (χ1) is 15.7. The van der Waals surface area contributed by atoms with Crippen LogP contribution in [0.4, 0.5) is 5.00 Å². The van der Waals surface area contributed by atoms with E-state index < -0.39 is 15.9 Å². The summed E-state index contributed by atoms with van der Waals surface area (Å²) in [6.45, 7) is 1.99. The maximum atomic E-state index is 13.3. The van der Waals surface area contributed by atoms with Crippen LogP contribution in [-0.2, 0) is 22.7 Å². The summed E-state index contributed by atoms with van der Waals surface area (Å²) in [5, 5.41) is 7.60. The van der Waals surface area contributed by atoms with Gasteiger partial charge in [0.15, 0.2) is 9.84 Å². The molecular weight excluding hydrogens is 500 g/mol. The SMILES string of the molecule is Cc1ccc2c(Cl)c(C(=O)Nc3sc4c(c3C(=O)N[C@@H]3CCS(=O)(=O)C3)CCCC4)sc2c1. The first-order valence-electron chi connectivity index (χ1n) is 10.9. The number of nitrogens with one attached hydrogen (secondary N) is 2. The number of hydrogen-bond donors (Lipinski definition) is 2. The summed E-state index contributed by atoms with van der Waals surface area (Å²) in [6.07, 6.45) is 4.09. The van der Waals surface area contributed by atoms with Crippen LogP contribution in [-0.4, -0.2) is 37.8 Å². The van der Waals surface area contributed by atoms with Gasteiger partial charge in [0.1, 0.15) is 9.88 Å². The Balaban J connectivity index is 1.46. The molecule has 3 heterocycles. The van der Waals surface area contributed by atoms with Gasteiger partial charge in [-0.3, -0.25) is 9.59 Å². The van der Waals surface area contributed by atoms with E-state index in [1.165, 1.54) is 22.7 Å².